The first kappa shape index (κ1) is 6.60. The predicted molar refractivity (Wildman–Crippen MR) is 40.0 cm³/mol. The fourth-order valence-corrected chi connectivity index (χ4v) is 1.12. The fraction of sp³-hybridized carbons (Fsp3) is 0.556. The highest BCUT2D eigenvalue weighted by Crippen LogP contribution is 2.16. The van der Waals surface area contributed by atoms with Gasteiger partial charge < -0.3 is 0 Å². The van der Waals surface area contributed by atoms with E-state index in [0.717, 1.165) is 0 Å². The number of hydrogen-bond acceptors (Lipinski definition) is 0. The molecule has 0 aliphatic heterocycles. The van der Waals surface area contributed by atoms with Crippen molar-refractivity contribution in [2.24, 2.45) is 0 Å². The van der Waals surface area contributed by atoms with Crippen LogP contribution in [-0.2, 0) is 0 Å². The zero-order valence-corrected chi connectivity index (χ0v) is 5.98. The topological polar surface area (TPSA) is 0 Å². The molecule has 0 spiro atoms. The summed E-state index contributed by atoms with van der Waals surface area (Å²) in [5, 5.41) is 0. The molecular weight excluding hydrogens is 108 g/mol. The summed E-state index contributed by atoms with van der Waals surface area (Å²) in [4.78, 5) is 0. The second-order valence-corrected chi connectivity index (χ2v) is 2.41. The van der Waals surface area contributed by atoms with Crippen LogP contribution in [0.2, 0.25) is 0 Å². The summed E-state index contributed by atoms with van der Waals surface area (Å²) in [7, 11) is 0. The molecule has 0 unspecified atom stereocenters. The molecule has 0 saturated carbocycles. The van der Waals surface area contributed by atoms with Crippen molar-refractivity contribution in [1.82, 2.24) is 0 Å². The van der Waals surface area contributed by atoms with Gasteiger partial charge in [-0.3, -0.25) is 0 Å². The van der Waals surface area contributed by atoms with Crippen LogP contribution < -0.4 is 0 Å². The van der Waals surface area contributed by atoms with E-state index in [-0.39, 0.29) is 0 Å². The Morgan fingerprint density at radius 3 is 2.89 bits per heavy atom. The lowest BCUT2D eigenvalue weighted by molar-refractivity contribution is 0.699. The summed E-state index contributed by atoms with van der Waals surface area (Å²) in [5.41, 5.74) is 1.41. The van der Waals surface area contributed by atoms with E-state index in [1.807, 2.05) is 0 Å². The molecule has 0 aromatic heterocycles. The Balaban J connectivity index is 2.46. The molecular formula is C9H13. The van der Waals surface area contributed by atoms with Gasteiger partial charge in [0.15, 0.2) is 0 Å². The van der Waals surface area contributed by atoms with Crippen molar-refractivity contribution in [3.8, 4) is 0 Å². The third kappa shape index (κ3) is 2.05. The smallest absolute Gasteiger partial charge is 0.0273 e. The van der Waals surface area contributed by atoms with Crippen LogP contribution in [0.5, 0.6) is 0 Å². The zero-order valence-electron chi connectivity index (χ0n) is 5.98. The van der Waals surface area contributed by atoms with Gasteiger partial charge in [0, 0.05) is 0 Å². The van der Waals surface area contributed by atoms with Gasteiger partial charge in [0.1, 0.15) is 0 Å². The maximum atomic E-state index is 3.35. The lowest BCUT2D eigenvalue weighted by Gasteiger charge is -2.06. The molecule has 1 radical (unpaired) electrons. The lowest BCUT2D eigenvalue weighted by atomic mass is 9.99. The highest BCUT2D eigenvalue weighted by Gasteiger charge is 1.98. The van der Waals surface area contributed by atoms with Crippen LogP contribution in [0.4, 0.5) is 0 Å². The van der Waals surface area contributed by atoms with Crippen molar-refractivity contribution < 1.29 is 0 Å². The van der Waals surface area contributed by atoms with Crippen LogP contribution >= 0.6 is 0 Å². The molecule has 0 fully saturated rings. The maximum Gasteiger partial charge on any atom is -0.0273 e. The maximum absolute atomic E-state index is 3.35. The van der Waals surface area contributed by atoms with E-state index in [1.54, 1.807) is 0 Å². The average Bonchev–Trinajstić information content (AvgIpc) is 1.91. The van der Waals surface area contributed by atoms with Gasteiger partial charge in [-0.15, -0.1) is 0 Å². The van der Waals surface area contributed by atoms with E-state index in [0.29, 0.717) is 0 Å². The first-order chi connectivity index (χ1) is 4.43. The highest BCUT2D eigenvalue weighted by atomic mass is 14.0. The van der Waals surface area contributed by atoms with E-state index in [2.05, 4.69) is 25.2 Å². The van der Waals surface area contributed by atoms with Crippen molar-refractivity contribution in [2.45, 2.75) is 32.6 Å². The minimum atomic E-state index is 1.17. The molecule has 1 aliphatic carbocycles. The minimum Gasteiger partial charge on any atom is -0.0874 e. The van der Waals surface area contributed by atoms with Gasteiger partial charge in [0.2, 0.25) is 0 Å². The summed E-state index contributed by atoms with van der Waals surface area (Å²) >= 11 is 0. The molecule has 0 atom stereocenters. The molecule has 0 aromatic carbocycles. The van der Waals surface area contributed by atoms with Crippen molar-refractivity contribution >= 4 is 0 Å². The molecule has 0 amide bonds. The van der Waals surface area contributed by atoms with Gasteiger partial charge in [-0.1, -0.05) is 12.2 Å². The summed E-state index contributed by atoms with van der Waals surface area (Å²) in [6.07, 6.45) is 12.7. The number of rotatable bonds is 1. The second-order valence-electron chi connectivity index (χ2n) is 2.41. The standard InChI is InChI=1S/C9H13/c1-2-6-9-7-4-3-5-8-9/h2,6H,3-5,7H2,1H3. The first-order valence-corrected chi connectivity index (χ1v) is 3.66. The summed E-state index contributed by atoms with van der Waals surface area (Å²) < 4.78 is 0. The molecule has 0 N–H and O–H groups in total. The lowest BCUT2D eigenvalue weighted by Crippen LogP contribution is -1.88. The van der Waals surface area contributed by atoms with Gasteiger partial charge in [0.05, 0.1) is 0 Å². The monoisotopic (exact) mass is 121 g/mol. The normalized spacial score (nSPS) is 20.3. The molecule has 0 heteroatoms. The molecule has 49 valence electrons. The number of allylic oxidation sites excluding steroid dienone is 4. The second kappa shape index (κ2) is 3.49. The van der Waals surface area contributed by atoms with E-state index in [9.17, 15) is 0 Å². The molecule has 1 aliphatic rings. The first-order valence-electron chi connectivity index (χ1n) is 3.66. The number of hydrogen-bond donors (Lipinski definition) is 0. The Hall–Kier alpha value is -0.520. The summed E-state index contributed by atoms with van der Waals surface area (Å²) in [6, 6.07) is 0. The van der Waals surface area contributed by atoms with Crippen LogP contribution in [0.3, 0.4) is 0 Å². The third-order valence-electron chi connectivity index (χ3n) is 1.59. The SMILES string of the molecule is CC=CC1=[C]CCCC1. The van der Waals surface area contributed by atoms with Crippen molar-refractivity contribution in [2.75, 3.05) is 0 Å². The van der Waals surface area contributed by atoms with Gasteiger partial charge in [-0.25, -0.2) is 0 Å². The predicted octanol–water partition coefficient (Wildman–Crippen LogP) is 2.87. The molecule has 0 nitrogen and oxygen atoms in total. The van der Waals surface area contributed by atoms with Crippen LogP contribution in [0.25, 0.3) is 0 Å². The molecule has 0 aromatic rings. The third-order valence-corrected chi connectivity index (χ3v) is 1.59. The summed E-state index contributed by atoms with van der Waals surface area (Å²) in [5.74, 6) is 0. The highest BCUT2D eigenvalue weighted by molar-refractivity contribution is 5.16. The van der Waals surface area contributed by atoms with Gasteiger partial charge in [0.25, 0.3) is 0 Å². The molecule has 9 heavy (non-hydrogen) atoms. The molecule has 0 bridgehead atoms. The van der Waals surface area contributed by atoms with E-state index < -0.39 is 0 Å². The van der Waals surface area contributed by atoms with Crippen LogP contribution in [0.1, 0.15) is 32.6 Å². The van der Waals surface area contributed by atoms with Gasteiger partial charge >= 0.3 is 0 Å². The Bertz CT molecular complexity index is 129. The Morgan fingerprint density at radius 2 is 2.33 bits per heavy atom. The van der Waals surface area contributed by atoms with Gasteiger partial charge in [-0.2, -0.15) is 0 Å². The van der Waals surface area contributed by atoms with Gasteiger partial charge in [-0.05, 0) is 44.3 Å². The fourth-order valence-electron chi connectivity index (χ4n) is 1.12. The molecule has 1 rings (SSSR count). The van der Waals surface area contributed by atoms with Crippen LogP contribution in [-0.4, -0.2) is 0 Å². The average molecular weight is 121 g/mol. The quantitative estimate of drug-likeness (QED) is 0.500. The van der Waals surface area contributed by atoms with E-state index in [4.69, 9.17) is 0 Å². The van der Waals surface area contributed by atoms with E-state index >= 15 is 0 Å². The Labute approximate surface area is 57.3 Å². The minimum absolute atomic E-state index is 1.17. The van der Waals surface area contributed by atoms with Crippen LogP contribution in [0.15, 0.2) is 17.7 Å². The van der Waals surface area contributed by atoms with E-state index in [1.165, 1.54) is 31.3 Å². The van der Waals surface area contributed by atoms with Crippen molar-refractivity contribution in [3.05, 3.63) is 23.8 Å². The summed E-state index contributed by atoms with van der Waals surface area (Å²) in [6.45, 7) is 2.06. The van der Waals surface area contributed by atoms with Crippen molar-refractivity contribution in [1.29, 1.82) is 0 Å². The Kier molecular flexibility index (Phi) is 2.56. The van der Waals surface area contributed by atoms with Crippen molar-refractivity contribution in [3.63, 3.8) is 0 Å². The van der Waals surface area contributed by atoms with Crippen LogP contribution in [0, 0.1) is 6.08 Å². The Morgan fingerprint density at radius 1 is 1.44 bits per heavy atom. The molecule has 0 heterocycles. The molecule has 0 saturated heterocycles. The largest absolute Gasteiger partial charge is 0.0874 e. The zero-order chi connectivity index (χ0) is 6.53.